The van der Waals surface area contributed by atoms with E-state index in [2.05, 4.69) is 26.0 Å². The number of rotatable bonds is 37. The van der Waals surface area contributed by atoms with E-state index in [0.29, 0.717) is 12.8 Å². The SMILES string of the molecule is CCCCCC/C=C\CCCCCCCCC(=O)OC(CCCCCCCCC)CCCCCCCCCCCCCC(=O)O. The van der Waals surface area contributed by atoms with Gasteiger partial charge in [0.2, 0.25) is 0 Å². The molecule has 1 atom stereocenters. The molecule has 0 bridgehead atoms. The van der Waals surface area contributed by atoms with Crippen LogP contribution in [0.5, 0.6) is 0 Å². The first-order valence-electron chi connectivity index (χ1n) is 20.2. The first-order valence-corrected chi connectivity index (χ1v) is 20.2. The number of carbonyl (C=O) groups is 2. The van der Waals surface area contributed by atoms with Crippen molar-refractivity contribution >= 4 is 11.9 Å². The van der Waals surface area contributed by atoms with Crippen LogP contribution in [0.2, 0.25) is 0 Å². The van der Waals surface area contributed by atoms with E-state index in [1.807, 2.05) is 0 Å². The fourth-order valence-electron chi connectivity index (χ4n) is 6.24. The summed E-state index contributed by atoms with van der Waals surface area (Å²) < 4.78 is 6.04. The normalized spacial score (nSPS) is 12.2. The maximum Gasteiger partial charge on any atom is 0.306 e. The molecule has 1 N–H and O–H groups in total. The van der Waals surface area contributed by atoms with Crippen LogP contribution >= 0.6 is 0 Å². The van der Waals surface area contributed by atoms with Crippen LogP contribution in [-0.2, 0) is 14.3 Å². The molecule has 0 aliphatic carbocycles. The van der Waals surface area contributed by atoms with E-state index in [4.69, 9.17) is 9.84 Å². The number of carboxylic acids is 1. The van der Waals surface area contributed by atoms with Crippen LogP contribution in [0.25, 0.3) is 0 Å². The third-order valence-corrected chi connectivity index (χ3v) is 9.24. The summed E-state index contributed by atoms with van der Waals surface area (Å²) in [4.78, 5) is 23.2. The molecule has 4 nitrogen and oxygen atoms in total. The highest BCUT2D eigenvalue weighted by atomic mass is 16.5. The summed E-state index contributed by atoms with van der Waals surface area (Å²) in [7, 11) is 0. The van der Waals surface area contributed by atoms with Gasteiger partial charge in [0.25, 0.3) is 0 Å². The maximum absolute atomic E-state index is 12.7. The molecule has 0 aromatic carbocycles. The molecular weight excluding hydrogens is 556 g/mol. The number of esters is 1. The molecule has 0 aliphatic rings. The molecule has 45 heavy (non-hydrogen) atoms. The molecule has 1 unspecified atom stereocenters. The van der Waals surface area contributed by atoms with E-state index >= 15 is 0 Å². The van der Waals surface area contributed by atoms with Crippen molar-refractivity contribution in [2.75, 3.05) is 0 Å². The van der Waals surface area contributed by atoms with Crippen molar-refractivity contribution in [2.45, 2.75) is 238 Å². The molecule has 0 rings (SSSR count). The molecule has 0 radical (unpaired) electrons. The van der Waals surface area contributed by atoms with Gasteiger partial charge in [-0.15, -0.1) is 0 Å². The van der Waals surface area contributed by atoms with Crippen molar-refractivity contribution in [3.05, 3.63) is 12.2 Å². The van der Waals surface area contributed by atoms with E-state index in [1.54, 1.807) is 0 Å². The van der Waals surface area contributed by atoms with Crippen LogP contribution in [0.4, 0.5) is 0 Å². The number of aliphatic carboxylic acids is 1. The van der Waals surface area contributed by atoms with Gasteiger partial charge in [0.05, 0.1) is 0 Å². The molecule has 0 amide bonds. The molecule has 0 spiro atoms. The molecule has 0 saturated heterocycles. The van der Waals surface area contributed by atoms with Crippen LogP contribution in [0.15, 0.2) is 12.2 Å². The molecule has 0 aromatic rings. The smallest absolute Gasteiger partial charge is 0.306 e. The fraction of sp³-hybridized carbons (Fsp3) is 0.902. The lowest BCUT2D eigenvalue weighted by molar-refractivity contribution is -0.150. The molecule has 0 heterocycles. The minimum absolute atomic E-state index is 0.0370. The van der Waals surface area contributed by atoms with Gasteiger partial charge in [0, 0.05) is 12.8 Å². The monoisotopic (exact) mass is 635 g/mol. The number of ether oxygens (including phenoxy) is 1. The van der Waals surface area contributed by atoms with Crippen LogP contribution in [0.3, 0.4) is 0 Å². The summed E-state index contributed by atoms with van der Waals surface area (Å²) >= 11 is 0. The standard InChI is InChI=1S/C41H78O4/c1-3-5-7-9-11-12-13-14-15-19-22-26-30-34-38-41(44)45-39(35-31-27-23-10-8-6-4-2)36-32-28-24-20-17-16-18-21-25-29-33-37-40(42)43/h12-13,39H,3-11,14-38H2,1-2H3,(H,42,43)/b13-12-. The van der Waals surface area contributed by atoms with Gasteiger partial charge in [0.15, 0.2) is 0 Å². The lowest BCUT2D eigenvalue weighted by Crippen LogP contribution is -2.18. The van der Waals surface area contributed by atoms with Gasteiger partial charge >= 0.3 is 11.9 Å². The predicted octanol–water partition coefficient (Wildman–Crippen LogP) is 13.8. The number of carboxylic acid groups (broad SMARTS) is 1. The van der Waals surface area contributed by atoms with Gasteiger partial charge in [0.1, 0.15) is 6.10 Å². The predicted molar refractivity (Wildman–Crippen MR) is 195 cm³/mol. The Bertz CT molecular complexity index is 643. The molecule has 0 saturated carbocycles. The Morgan fingerprint density at radius 1 is 0.467 bits per heavy atom. The average Bonchev–Trinajstić information content (AvgIpc) is 3.02. The maximum atomic E-state index is 12.7. The van der Waals surface area contributed by atoms with E-state index in [9.17, 15) is 9.59 Å². The van der Waals surface area contributed by atoms with Crippen molar-refractivity contribution in [3.63, 3.8) is 0 Å². The Labute approximate surface area is 281 Å². The number of carbonyl (C=O) groups excluding carboxylic acids is 1. The topological polar surface area (TPSA) is 63.6 Å². The summed E-state index contributed by atoms with van der Waals surface area (Å²) in [5.74, 6) is -0.633. The van der Waals surface area contributed by atoms with Gasteiger partial charge in [-0.1, -0.05) is 167 Å². The summed E-state index contributed by atoms with van der Waals surface area (Å²) in [6.45, 7) is 4.54. The van der Waals surface area contributed by atoms with E-state index < -0.39 is 5.97 Å². The second kappa shape index (κ2) is 37.1. The van der Waals surface area contributed by atoms with Crippen molar-refractivity contribution in [1.29, 1.82) is 0 Å². The largest absolute Gasteiger partial charge is 0.481 e. The zero-order chi connectivity index (χ0) is 32.9. The summed E-state index contributed by atoms with van der Waals surface area (Å²) in [5, 5.41) is 8.70. The number of unbranched alkanes of at least 4 members (excludes halogenated alkanes) is 26. The molecule has 0 aromatic heterocycles. The summed E-state index contributed by atoms with van der Waals surface area (Å²) in [6.07, 6.45) is 45.3. The van der Waals surface area contributed by atoms with Crippen molar-refractivity contribution in [3.8, 4) is 0 Å². The number of hydrogen-bond donors (Lipinski definition) is 1. The Morgan fingerprint density at radius 3 is 1.22 bits per heavy atom. The molecule has 0 aliphatic heterocycles. The highest BCUT2D eigenvalue weighted by Gasteiger charge is 2.14. The van der Waals surface area contributed by atoms with Gasteiger partial charge in [-0.25, -0.2) is 0 Å². The molecule has 4 heteroatoms. The van der Waals surface area contributed by atoms with E-state index in [0.717, 1.165) is 38.5 Å². The quantitative estimate of drug-likeness (QED) is 0.0419. The molecular formula is C41H78O4. The van der Waals surface area contributed by atoms with E-state index in [-0.39, 0.29) is 12.1 Å². The Hall–Kier alpha value is -1.32. The third-order valence-electron chi connectivity index (χ3n) is 9.24. The van der Waals surface area contributed by atoms with E-state index in [1.165, 1.54) is 167 Å². The number of hydrogen-bond acceptors (Lipinski definition) is 3. The molecule has 0 fully saturated rings. The zero-order valence-corrected chi connectivity index (χ0v) is 30.4. The van der Waals surface area contributed by atoms with Gasteiger partial charge in [-0.05, 0) is 64.2 Å². The van der Waals surface area contributed by atoms with Gasteiger partial charge in [-0.2, -0.15) is 0 Å². The second-order valence-corrected chi connectivity index (χ2v) is 13.8. The van der Waals surface area contributed by atoms with Gasteiger partial charge in [-0.3, -0.25) is 9.59 Å². The summed E-state index contributed by atoms with van der Waals surface area (Å²) in [6, 6.07) is 0. The first kappa shape index (κ1) is 43.7. The summed E-state index contributed by atoms with van der Waals surface area (Å²) in [5.41, 5.74) is 0. The van der Waals surface area contributed by atoms with Crippen LogP contribution in [0, 0.1) is 0 Å². The van der Waals surface area contributed by atoms with Crippen molar-refractivity contribution < 1.29 is 19.4 Å². The second-order valence-electron chi connectivity index (χ2n) is 13.8. The Morgan fingerprint density at radius 2 is 0.800 bits per heavy atom. The highest BCUT2D eigenvalue weighted by molar-refractivity contribution is 5.69. The van der Waals surface area contributed by atoms with Crippen molar-refractivity contribution in [1.82, 2.24) is 0 Å². The molecule has 266 valence electrons. The average molecular weight is 635 g/mol. The zero-order valence-electron chi connectivity index (χ0n) is 30.4. The lowest BCUT2D eigenvalue weighted by atomic mass is 10.0. The van der Waals surface area contributed by atoms with Crippen molar-refractivity contribution in [2.24, 2.45) is 0 Å². The van der Waals surface area contributed by atoms with Crippen LogP contribution in [0.1, 0.15) is 232 Å². The minimum atomic E-state index is -0.670. The Balaban J connectivity index is 3.98. The highest BCUT2D eigenvalue weighted by Crippen LogP contribution is 2.19. The number of allylic oxidation sites excluding steroid dienone is 2. The third kappa shape index (κ3) is 37.0. The van der Waals surface area contributed by atoms with Crippen LogP contribution in [-0.4, -0.2) is 23.1 Å². The van der Waals surface area contributed by atoms with Crippen LogP contribution < -0.4 is 0 Å². The Kier molecular flexibility index (Phi) is 36.1. The van der Waals surface area contributed by atoms with Gasteiger partial charge < -0.3 is 9.84 Å². The lowest BCUT2D eigenvalue weighted by Gasteiger charge is -2.18. The fourth-order valence-corrected chi connectivity index (χ4v) is 6.24. The minimum Gasteiger partial charge on any atom is -0.481 e. The first-order chi connectivity index (χ1) is 22.1.